The zero-order valence-corrected chi connectivity index (χ0v) is 14.5. The molecule has 0 aliphatic carbocycles. The van der Waals surface area contributed by atoms with Gasteiger partial charge in [-0.15, -0.1) is 0 Å². The van der Waals surface area contributed by atoms with E-state index in [0.29, 0.717) is 11.3 Å². The molecule has 0 radical (unpaired) electrons. The molecule has 0 saturated heterocycles. The van der Waals surface area contributed by atoms with Crippen molar-refractivity contribution in [1.82, 2.24) is 9.78 Å². The Bertz CT molecular complexity index is 968. The zero-order valence-electron chi connectivity index (χ0n) is 13.7. The molecule has 0 spiro atoms. The number of carbonyl (C=O) groups is 1. The van der Waals surface area contributed by atoms with E-state index >= 15 is 0 Å². The van der Waals surface area contributed by atoms with Crippen LogP contribution >= 0.6 is 0 Å². The molecule has 0 saturated carbocycles. The van der Waals surface area contributed by atoms with Crippen molar-refractivity contribution in [2.75, 3.05) is 11.6 Å². The van der Waals surface area contributed by atoms with E-state index in [9.17, 15) is 13.4 Å². The number of amides is 1. The highest BCUT2D eigenvalue weighted by Crippen LogP contribution is 2.18. The molecule has 1 N–H and O–H groups in total. The van der Waals surface area contributed by atoms with Crippen LogP contribution in [0.2, 0.25) is 0 Å². The minimum Gasteiger partial charge on any atom is -0.322 e. The summed E-state index contributed by atoms with van der Waals surface area (Å²) in [6, 6.07) is 11.8. The van der Waals surface area contributed by atoms with Gasteiger partial charge < -0.3 is 5.32 Å². The van der Waals surface area contributed by atoms with Crippen LogP contribution in [0.4, 0.5) is 10.1 Å². The van der Waals surface area contributed by atoms with E-state index in [0.717, 1.165) is 17.3 Å². The molecule has 0 aliphatic heterocycles. The second kappa shape index (κ2) is 6.98. The highest BCUT2D eigenvalue weighted by Gasteiger charge is 2.13. The lowest BCUT2D eigenvalue weighted by molar-refractivity contribution is 0.102. The number of aryl methyl sites for hydroxylation is 1. The molecule has 0 aliphatic rings. The van der Waals surface area contributed by atoms with Gasteiger partial charge in [-0.05, 0) is 36.8 Å². The van der Waals surface area contributed by atoms with Crippen molar-refractivity contribution >= 4 is 22.4 Å². The summed E-state index contributed by atoms with van der Waals surface area (Å²) in [6.45, 7) is 1.96. The SMILES string of the molecule is Cc1ccccc1-n1cc(C(=O)Nc2ccc([S@@](C)=O)c(F)c2)cn1. The number of benzene rings is 2. The van der Waals surface area contributed by atoms with Crippen molar-refractivity contribution in [3.63, 3.8) is 0 Å². The van der Waals surface area contributed by atoms with Crippen LogP contribution in [0.5, 0.6) is 0 Å². The lowest BCUT2D eigenvalue weighted by atomic mass is 10.2. The van der Waals surface area contributed by atoms with Crippen LogP contribution in [0.15, 0.2) is 59.8 Å². The predicted octanol–water partition coefficient (Wildman–Crippen LogP) is 3.31. The van der Waals surface area contributed by atoms with E-state index in [1.54, 1.807) is 10.9 Å². The average Bonchev–Trinajstić information content (AvgIpc) is 3.05. The maximum atomic E-state index is 13.9. The highest BCUT2D eigenvalue weighted by atomic mass is 32.2. The lowest BCUT2D eigenvalue weighted by Crippen LogP contribution is -2.11. The van der Waals surface area contributed by atoms with Gasteiger partial charge in [0.05, 0.1) is 33.1 Å². The van der Waals surface area contributed by atoms with Gasteiger partial charge in [0, 0.05) is 18.1 Å². The minimum absolute atomic E-state index is 0.102. The van der Waals surface area contributed by atoms with Gasteiger partial charge in [0.15, 0.2) is 0 Å². The molecular formula is C18H16FN3O2S. The summed E-state index contributed by atoms with van der Waals surface area (Å²) < 4.78 is 26.8. The summed E-state index contributed by atoms with van der Waals surface area (Å²) >= 11 is 0. The molecule has 1 atom stereocenters. The fourth-order valence-electron chi connectivity index (χ4n) is 2.41. The second-order valence-corrected chi connectivity index (χ2v) is 6.86. The summed E-state index contributed by atoms with van der Waals surface area (Å²) in [4.78, 5) is 12.4. The maximum Gasteiger partial charge on any atom is 0.258 e. The molecule has 1 amide bonds. The number of hydrogen-bond acceptors (Lipinski definition) is 3. The largest absolute Gasteiger partial charge is 0.322 e. The Kier molecular flexibility index (Phi) is 4.76. The molecule has 128 valence electrons. The Labute approximate surface area is 146 Å². The van der Waals surface area contributed by atoms with Crippen molar-refractivity contribution < 1.29 is 13.4 Å². The van der Waals surface area contributed by atoms with E-state index in [2.05, 4.69) is 10.4 Å². The molecule has 1 aromatic heterocycles. The molecule has 1 heterocycles. The van der Waals surface area contributed by atoms with Gasteiger partial charge in [-0.3, -0.25) is 9.00 Å². The van der Waals surface area contributed by atoms with E-state index in [1.807, 2.05) is 31.2 Å². The van der Waals surface area contributed by atoms with E-state index in [4.69, 9.17) is 0 Å². The van der Waals surface area contributed by atoms with Crippen LogP contribution in [0.3, 0.4) is 0 Å². The van der Waals surface area contributed by atoms with Crippen LogP contribution < -0.4 is 5.32 Å². The zero-order chi connectivity index (χ0) is 18.0. The summed E-state index contributed by atoms with van der Waals surface area (Å²) in [7, 11) is -1.42. The highest BCUT2D eigenvalue weighted by molar-refractivity contribution is 7.84. The van der Waals surface area contributed by atoms with E-state index in [1.165, 1.54) is 24.6 Å². The van der Waals surface area contributed by atoms with Crippen molar-refractivity contribution in [2.24, 2.45) is 0 Å². The normalized spacial score (nSPS) is 12.0. The van der Waals surface area contributed by atoms with Crippen molar-refractivity contribution in [3.05, 3.63) is 71.8 Å². The number of rotatable bonds is 4. The van der Waals surface area contributed by atoms with Gasteiger partial charge in [-0.2, -0.15) is 5.10 Å². The minimum atomic E-state index is -1.42. The molecular weight excluding hydrogens is 341 g/mol. The van der Waals surface area contributed by atoms with Crippen LogP contribution in [0.25, 0.3) is 5.69 Å². The molecule has 3 rings (SSSR count). The third-order valence-corrected chi connectivity index (χ3v) is 4.66. The van der Waals surface area contributed by atoms with E-state index < -0.39 is 22.5 Å². The topological polar surface area (TPSA) is 64.0 Å². The standard InChI is InChI=1S/C18H16FN3O2S/c1-12-5-3-4-6-16(12)22-11-13(10-20-22)18(23)21-14-7-8-17(25(2)24)15(19)9-14/h3-11H,1-2H3,(H,21,23)/t25-/m1/s1. The molecule has 3 aromatic rings. The van der Waals surface area contributed by atoms with Crippen molar-refractivity contribution in [3.8, 4) is 5.69 Å². The fourth-order valence-corrected chi connectivity index (χ4v) is 3.00. The molecule has 5 nitrogen and oxygen atoms in total. The Morgan fingerprint density at radius 2 is 2.00 bits per heavy atom. The smallest absolute Gasteiger partial charge is 0.258 e. The van der Waals surface area contributed by atoms with Crippen LogP contribution in [0, 0.1) is 12.7 Å². The summed E-state index contributed by atoms with van der Waals surface area (Å²) in [5.74, 6) is -1.01. The first-order chi connectivity index (χ1) is 12.0. The first-order valence-corrected chi connectivity index (χ1v) is 9.06. The molecule has 0 unspecified atom stereocenters. The number of nitrogens with zero attached hydrogens (tertiary/aromatic N) is 2. The Morgan fingerprint density at radius 1 is 1.24 bits per heavy atom. The fraction of sp³-hybridized carbons (Fsp3) is 0.111. The first kappa shape index (κ1) is 17.0. The second-order valence-electron chi connectivity index (χ2n) is 5.51. The lowest BCUT2D eigenvalue weighted by Gasteiger charge is -2.06. The predicted molar refractivity (Wildman–Crippen MR) is 95.0 cm³/mol. The number of carbonyl (C=O) groups excluding carboxylic acids is 1. The maximum absolute atomic E-state index is 13.9. The van der Waals surface area contributed by atoms with Gasteiger partial charge in [-0.1, -0.05) is 18.2 Å². The third-order valence-electron chi connectivity index (χ3n) is 3.71. The van der Waals surface area contributed by atoms with Gasteiger partial charge in [-0.25, -0.2) is 9.07 Å². The Balaban J connectivity index is 1.80. The summed E-state index contributed by atoms with van der Waals surface area (Å²) in [6.07, 6.45) is 4.47. The van der Waals surface area contributed by atoms with Gasteiger partial charge in [0.1, 0.15) is 5.82 Å². The summed E-state index contributed by atoms with van der Waals surface area (Å²) in [5, 5.41) is 6.82. The van der Waals surface area contributed by atoms with Gasteiger partial charge in [0.25, 0.3) is 5.91 Å². The number of halogens is 1. The van der Waals surface area contributed by atoms with Crippen molar-refractivity contribution in [2.45, 2.75) is 11.8 Å². The van der Waals surface area contributed by atoms with Gasteiger partial charge in [0.2, 0.25) is 0 Å². The molecule has 2 aromatic carbocycles. The van der Waals surface area contributed by atoms with Gasteiger partial charge >= 0.3 is 0 Å². The number of nitrogens with one attached hydrogen (secondary N) is 1. The quantitative estimate of drug-likeness (QED) is 0.779. The Morgan fingerprint density at radius 3 is 2.68 bits per heavy atom. The first-order valence-electron chi connectivity index (χ1n) is 7.50. The van der Waals surface area contributed by atoms with Crippen LogP contribution in [-0.4, -0.2) is 26.2 Å². The number of aromatic nitrogens is 2. The molecule has 7 heteroatoms. The number of hydrogen-bond donors (Lipinski definition) is 1. The molecule has 0 fully saturated rings. The van der Waals surface area contributed by atoms with Crippen molar-refractivity contribution in [1.29, 1.82) is 0 Å². The monoisotopic (exact) mass is 357 g/mol. The Hall–Kier alpha value is -2.80. The number of para-hydroxylation sites is 1. The third kappa shape index (κ3) is 3.66. The van der Waals surface area contributed by atoms with E-state index in [-0.39, 0.29) is 4.90 Å². The number of anilines is 1. The molecule has 0 bridgehead atoms. The van der Waals surface area contributed by atoms with Crippen LogP contribution in [-0.2, 0) is 10.8 Å². The molecule has 25 heavy (non-hydrogen) atoms. The van der Waals surface area contributed by atoms with Crippen LogP contribution in [0.1, 0.15) is 15.9 Å². The average molecular weight is 357 g/mol. The summed E-state index contributed by atoms with van der Waals surface area (Å²) in [5.41, 5.74) is 2.55.